The van der Waals surface area contributed by atoms with Crippen LogP contribution in [-0.2, 0) is 9.59 Å². The average Bonchev–Trinajstić information content (AvgIpc) is 2.33. The lowest BCUT2D eigenvalue weighted by atomic mass is 10.3. The molecule has 3 N–H and O–H groups in total. The highest BCUT2D eigenvalue weighted by molar-refractivity contribution is 9.10. The number of halogens is 2. The van der Waals surface area contributed by atoms with Gasteiger partial charge in [0.15, 0.2) is 6.61 Å². The van der Waals surface area contributed by atoms with Gasteiger partial charge in [0, 0.05) is 17.4 Å². The SMILES string of the molecule is NC(=O)CCCNC(=O)COc1ccc(Br)cc1Cl. The van der Waals surface area contributed by atoms with Crippen LogP contribution < -0.4 is 15.8 Å². The fraction of sp³-hybridized carbons (Fsp3) is 0.333. The number of carbonyl (C=O) groups excluding carboxylic acids is 2. The van der Waals surface area contributed by atoms with Crippen molar-refractivity contribution in [1.82, 2.24) is 5.32 Å². The van der Waals surface area contributed by atoms with Gasteiger partial charge in [-0.25, -0.2) is 0 Å². The van der Waals surface area contributed by atoms with E-state index < -0.39 is 0 Å². The smallest absolute Gasteiger partial charge is 0.257 e. The maximum absolute atomic E-state index is 11.4. The molecule has 0 radical (unpaired) electrons. The monoisotopic (exact) mass is 348 g/mol. The standard InChI is InChI=1S/C12H14BrClN2O3/c13-8-3-4-10(9(14)6-8)19-7-12(18)16-5-1-2-11(15)17/h3-4,6H,1-2,5,7H2,(H2,15,17)(H,16,18). The first-order chi connectivity index (χ1) is 8.99. The predicted octanol–water partition coefficient (Wildman–Crippen LogP) is 1.86. The van der Waals surface area contributed by atoms with E-state index in [1.165, 1.54) is 0 Å². The second-order valence-electron chi connectivity index (χ2n) is 3.78. The molecule has 0 aliphatic heterocycles. The van der Waals surface area contributed by atoms with Gasteiger partial charge in [-0.3, -0.25) is 9.59 Å². The average molecular weight is 350 g/mol. The molecule has 0 unspecified atom stereocenters. The second-order valence-corrected chi connectivity index (χ2v) is 5.11. The Morgan fingerprint density at radius 1 is 1.42 bits per heavy atom. The Kier molecular flexibility index (Phi) is 6.66. The van der Waals surface area contributed by atoms with Gasteiger partial charge in [0.2, 0.25) is 5.91 Å². The lowest BCUT2D eigenvalue weighted by Gasteiger charge is -2.08. The summed E-state index contributed by atoms with van der Waals surface area (Å²) in [5, 5.41) is 3.04. The largest absolute Gasteiger partial charge is 0.482 e. The summed E-state index contributed by atoms with van der Waals surface area (Å²) in [5.74, 6) is -0.215. The summed E-state index contributed by atoms with van der Waals surface area (Å²) in [4.78, 5) is 21.9. The molecule has 0 saturated carbocycles. The number of amides is 2. The van der Waals surface area contributed by atoms with Crippen molar-refractivity contribution in [2.24, 2.45) is 5.73 Å². The summed E-state index contributed by atoms with van der Waals surface area (Å²) in [6.07, 6.45) is 0.764. The number of hydrogen-bond donors (Lipinski definition) is 2. The summed E-state index contributed by atoms with van der Waals surface area (Å²) in [7, 11) is 0. The van der Waals surface area contributed by atoms with Crippen molar-refractivity contribution in [3.8, 4) is 5.75 Å². The van der Waals surface area contributed by atoms with E-state index >= 15 is 0 Å². The van der Waals surface area contributed by atoms with E-state index in [2.05, 4.69) is 21.2 Å². The van der Waals surface area contributed by atoms with Crippen molar-refractivity contribution >= 4 is 39.3 Å². The van der Waals surface area contributed by atoms with E-state index in [1.807, 2.05) is 0 Å². The van der Waals surface area contributed by atoms with E-state index in [-0.39, 0.29) is 24.8 Å². The molecule has 0 bridgehead atoms. The molecule has 2 amide bonds. The van der Waals surface area contributed by atoms with Crippen LogP contribution in [0, 0.1) is 0 Å². The van der Waals surface area contributed by atoms with E-state index in [9.17, 15) is 9.59 Å². The molecule has 0 aliphatic carbocycles. The molecule has 0 aliphatic rings. The van der Waals surface area contributed by atoms with Crippen molar-refractivity contribution in [3.05, 3.63) is 27.7 Å². The molecule has 7 heteroatoms. The first kappa shape index (κ1) is 15.8. The second kappa shape index (κ2) is 8.01. The van der Waals surface area contributed by atoms with Crippen LogP contribution >= 0.6 is 27.5 Å². The molecule has 1 aromatic carbocycles. The molecule has 19 heavy (non-hydrogen) atoms. The molecule has 0 spiro atoms. The summed E-state index contributed by atoms with van der Waals surface area (Å²) in [6, 6.07) is 5.13. The minimum atomic E-state index is -0.382. The lowest BCUT2D eigenvalue weighted by molar-refractivity contribution is -0.123. The molecular formula is C12H14BrClN2O3. The Hall–Kier alpha value is -1.27. The normalized spacial score (nSPS) is 10.0. The minimum absolute atomic E-state index is 0.127. The Labute approximate surface area is 124 Å². The van der Waals surface area contributed by atoms with Crippen molar-refractivity contribution in [2.75, 3.05) is 13.2 Å². The minimum Gasteiger partial charge on any atom is -0.482 e. The van der Waals surface area contributed by atoms with Gasteiger partial charge in [-0.05, 0) is 24.6 Å². The third-order valence-corrected chi connectivity index (χ3v) is 2.96. The van der Waals surface area contributed by atoms with E-state index in [1.54, 1.807) is 18.2 Å². The predicted molar refractivity (Wildman–Crippen MR) is 76.1 cm³/mol. The number of primary amides is 1. The highest BCUT2D eigenvalue weighted by atomic mass is 79.9. The highest BCUT2D eigenvalue weighted by Crippen LogP contribution is 2.27. The zero-order valence-corrected chi connectivity index (χ0v) is 12.5. The van der Waals surface area contributed by atoms with Gasteiger partial charge in [-0.15, -0.1) is 0 Å². The highest BCUT2D eigenvalue weighted by Gasteiger charge is 2.06. The van der Waals surface area contributed by atoms with Crippen LogP contribution in [0.25, 0.3) is 0 Å². The maximum atomic E-state index is 11.4. The number of benzene rings is 1. The van der Waals surface area contributed by atoms with Gasteiger partial charge >= 0.3 is 0 Å². The van der Waals surface area contributed by atoms with Crippen LogP contribution in [0.2, 0.25) is 5.02 Å². The molecule has 0 saturated heterocycles. The third kappa shape index (κ3) is 6.45. The molecule has 1 rings (SSSR count). The zero-order chi connectivity index (χ0) is 14.3. The van der Waals surface area contributed by atoms with E-state index in [0.717, 1.165) is 4.47 Å². The number of rotatable bonds is 7. The number of nitrogens with two attached hydrogens (primary N) is 1. The first-order valence-electron chi connectivity index (χ1n) is 5.62. The van der Waals surface area contributed by atoms with E-state index in [4.69, 9.17) is 22.1 Å². The summed E-state index contributed by atoms with van der Waals surface area (Å²) in [6.45, 7) is 0.261. The van der Waals surface area contributed by atoms with Crippen LogP contribution in [0.1, 0.15) is 12.8 Å². The van der Waals surface area contributed by atoms with Crippen LogP contribution in [0.15, 0.2) is 22.7 Å². The summed E-state index contributed by atoms with van der Waals surface area (Å²) in [5.41, 5.74) is 4.98. The third-order valence-electron chi connectivity index (χ3n) is 2.17. The fourth-order valence-corrected chi connectivity index (χ4v) is 2.00. The van der Waals surface area contributed by atoms with E-state index in [0.29, 0.717) is 23.7 Å². The van der Waals surface area contributed by atoms with Crippen LogP contribution in [0.4, 0.5) is 0 Å². The molecule has 5 nitrogen and oxygen atoms in total. The van der Waals surface area contributed by atoms with Crippen LogP contribution in [0.5, 0.6) is 5.75 Å². The van der Waals surface area contributed by atoms with Gasteiger partial charge < -0.3 is 15.8 Å². The van der Waals surface area contributed by atoms with Crippen molar-refractivity contribution in [3.63, 3.8) is 0 Å². The lowest BCUT2D eigenvalue weighted by Crippen LogP contribution is -2.30. The quantitative estimate of drug-likeness (QED) is 0.737. The van der Waals surface area contributed by atoms with Crippen LogP contribution in [-0.4, -0.2) is 25.0 Å². The molecule has 1 aromatic rings. The zero-order valence-electron chi connectivity index (χ0n) is 10.1. The Morgan fingerprint density at radius 2 is 2.16 bits per heavy atom. The molecular weight excluding hydrogens is 336 g/mol. The van der Waals surface area contributed by atoms with Gasteiger partial charge in [0.25, 0.3) is 5.91 Å². The topological polar surface area (TPSA) is 81.4 Å². The Balaban J connectivity index is 2.28. The van der Waals surface area contributed by atoms with Crippen molar-refractivity contribution in [1.29, 1.82) is 0 Å². The summed E-state index contributed by atoms with van der Waals surface area (Å²) < 4.78 is 6.11. The maximum Gasteiger partial charge on any atom is 0.257 e. The number of carbonyl (C=O) groups is 2. The number of hydrogen-bond acceptors (Lipinski definition) is 3. The molecule has 0 atom stereocenters. The fourth-order valence-electron chi connectivity index (χ4n) is 1.28. The Bertz CT molecular complexity index is 468. The van der Waals surface area contributed by atoms with Crippen molar-refractivity contribution < 1.29 is 14.3 Å². The molecule has 0 aromatic heterocycles. The summed E-state index contributed by atoms with van der Waals surface area (Å²) >= 11 is 9.21. The van der Waals surface area contributed by atoms with Crippen molar-refractivity contribution in [2.45, 2.75) is 12.8 Å². The number of nitrogens with one attached hydrogen (secondary N) is 1. The van der Waals surface area contributed by atoms with Gasteiger partial charge in [0.05, 0.1) is 5.02 Å². The van der Waals surface area contributed by atoms with Gasteiger partial charge in [-0.1, -0.05) is 27.5 Å². The molecule has 104 valence electrons. The molecule has 0 fully saturated rings. The number of ether oxygens (including phenoxy) is 1. The van der Waals surface area contributed by atoms with Crippen LogP contribution in [0.3, 0.4) is 0 Å². The Morgan fingerprint density at radius 3 is 2.79 bits per heavy atom. The van der Waals surface area contributed by atoms with Gasteiger partial charge in [0.1, 0.15) is 5.75 Å². The molecule has 0 heterocycles. The van der Waals surface area contributed by atoms with Gasteiger partial charge in [-0.2, -0.15) is 0 Å². The first-order valence-corrected chi connectivity index (χ1v) is 6.79.